The average molecular weight is 216 g/mol. The number of nitriles is 2. The van der Waals surface area contributed by atoms with Crippen molar-refractivity contribution in [2.75, 3.05) is 0 Å². The third-order valence-corrected chi connectivity index (χ3v) is 3.88. The molecule has 16 heavy (non-hydrogen) atoms. The van der Waals surface area contributed by atoms with Crippen LogP contribution in [0.25, 0.3) is 0 Å². The van der Waals surface area contributed by atoms with Gasteiger partial charge in [0.1, 0.15) is 0 Å². The lowest BCUT2D eigenvalue weighted by Gasteiger charge is -2.36. The van der Waals surface area contributed by atoms with Crippen LogP contribution < -0.4 is 0 Å². The minimum atomic E-state index is 0.105. The van der Waals surface area contributed by atoms with E-state index in [1.165, 1.54) is 6.42 Å². The van der Waals surface area contributed by atoms with Crippen molar-refractivity contribution in [3.8, 4) is 12.1 Å². The summed E-state index contributed by atoms with van der Waals surface area (Å²) in [6, 6.07) is 4.58. The lowest BCUT2D eigenvalue weighted by Crippen LogP contribution is -2.28. The van der Waals surface area contributed by atoms with Gasteiger partial charge < -0.3 is 0 Å². The van der Waals surface area contributed by atoms with Crippen LogP contribution in [0, 0.1) is 46.3 Å². The van der Waals surface area contributed by atoms with Gasteiger partial charge >= 0.3 is 0 Å². The fourth-order valence-electron chi connectivity index (χ4n) is 2.81. The highest BCUT2D eigenvalue weighted by molar-refractivity contribution is 4.97. The first kappa shape index (κ1) is 12.8. The Balaban J connectivity index is 2.59. The van der Waals surface area contributed by atoms with Gasteiger partial charge in [0.25, 0.3) is 0 Å². The molecule has 4 atom stereocenters. The van der Waals surface area contributed by atoms with E-state index in [1.54, 1.807) is 0 Å². The second-order valence-electron chi connectivity index (χ2n) is 4.86. The van der Waals surface area contributed by atoms with Crippen molar-refractivity contribution in [2.24, 2.45) is 23.7 Å². The monoisotopic (exact) mass is 216 g/mol. The summed E-state index contributed by atoms with van der Waals surface area (Å²) in [5.41, 5.74) is 0. The SMILES string of the molecule is C=CC1CCC(CCC#N)CC1C(C)C#N. The van der Waals surface area contributed by atoms with Crippen molar-refractivity contribution < 1.29 is 0 Å². The summed E-state index contributed by atoms with van der Waals surface area (Å²) in [7, 11) is 0. The Morgan fingerprint density at radius 1 is 1.44 bits per heavy atom. The summed E-state index contributed by atoms with van der Waals surface area (Å²) in [6.45, 7) is 5.88. The van der Waals surface area contributed by atoms with E-state index in [0.717, 1.165) is 19.3 Å². The second kappa shape index (κ2) is 6.33. The standard InChI is InChI=1S/C14H20N2/c1-3-13-7-6-12(5-4-8-15)9-14(13)11(2)10-16/h3,11-14H,1,4-7,9H2,2H3. The molecule has 0 amide bonds. The first-order chi connectivity index (χ1) is 7.72. The third-order valence-electron chi connectivity index (χ3n) is 3.88. The zero-order valence-electron chi connectivity index (χ0n) is 10.0. The fourth-order valence-corrected chi connectivity index (χ4v) is 2.81. The fraction of sp³-hybridized carbons (Fsp3) is 0.714. The maximum absolute atomic E-state index is 9.03. The van der Waals surface area contributed by atoms with E-state index < -0.39 is 0 Å². The molecule has 0 N–H and O–H groups in total. The Morgan fingerprint density at radius 3 is 2.75 bits per heavy atom. The highest BCUT2D eigenvalue weighted by Crippen LogP contribution is 2.40. The Labute approximate surface area is 98.6 Å². The van der Waals surface area contributed by atoms with Crippen molar-refractivity contribution in [3.05, 3.63) is 12.7 Å². The molecule has 1 fully saturated rings. The smallest absolute Gasteiger partial charge is 0.0656 e. The molecule has 86 valence electrons. The van der Waals surface area contributed by atoms with Gasteiger partial charge in [0.15, 0.2) is 0 Å². The first-order valence-electron chi connectivity index (χ1n) is 6.12. The second-order valence-corrected chi connectivity index (χ2v) is 4.86. The van der Waals surface area contributed by atoms with Crippen LogP contribution in [-0.4, -0.2) is 0 Å². The topological polar surface area (TPSA) is 47.6 Å². The maximum Gasteiger partial charge on any atom is 0.0656 e. The Morgan fingerprint density at radius 2 is 2.19 bits per heavy atom. The summed E-state index contributed by atoms with van der Waals surface area (Å²) < 4.78 is 0. The highest BCUT2D eigenvalue weighted by Gasteiger charge is 2.32. The van der Waals surface area contributed by atoms with Crippen molar-refractivity contribution >= 4 is 0 Å². The van der Waals surface area contributed by atoms with E-state index in [9.17, 15) is 0 Å². The number of hydrogen-bond donors (Lipinski definition) is 0. The number of nitrogens with zero attached hydrogens (tertiary/aromatic N) is 2. The number of rotatable bonds is 4. The van der Waals surface area contributed by atoms with Crippen molar-refractivity contribution in [2.45, 2.75) is 39.0 Å². The van der Waals surface area contributed by atoms with E-state index in [4.69, 9.17) is 10.5 Å². The summed E-state index contributed by atoms with van der Waals surface area (Å²) in [5, 5.41) is 17.6. The summed E-state index contributed by atoms with van der Waals surface area (Å²) in [5.74, 6) is 1.68. The lowest BCUT2D eigenvalue weighted by molar-refractivity contribution is 0.175. The molecule has 0 heterocycles. The summed E-state index contributed by atoms with van der Waals surface area (Å²) in [6.07, 6.45) is 7.07. The van der Waals surface area contributed by atoms with E-state index in [0.29, 0.717) is 24.2 Å². The van der Waals surface area contributed by atoms with Gasteiger partial charge in [-0.05, 0) is 50.4 Å². The molecule has 0 bridgehead atoms. The van der Waals surface area contributed by atoms with Gasteiger partial charge in [0.05, 0.1) is 12.1 Å². The first-order valence-corrected chi connectivity index (χ1v) is 6.12. The van der Waals surface area contributed by atoms with Crippen LogP contribution in [0.2, 0.25) is 0 Å². The van der Waals surface area contributed by atoms with E-state index >= 15 is 0 Å². The van der Waals surface area contributed by atoms with Crippen LogP contribution in [0.15, 0.2) is 12.7 Å². The lowest BCUT2D eigenvalue weighted by atomic mass is 9.68. The molecule has 0 aromatic heterocycles. The molecule has 1 aliphatic rings. The molecular formula is C14H20N2. The van der Waals surface area contributed by atoms with E-state index in [-0.39, 0.29) is 5.92 Å². The van der Waals surface area contributed by atoms with Gasteiger partial charge in [0.2, 0.25) is 0 Å². The molecular weight excluding hydrogens is 196 g/mol. The van der Waals surface area contributed by atoms with E-state index in [1.807, 2.05) is 13.0 Å². The number of hydrogen-bond acceptors (Lipinski definition) is 2. The molecule has 0 saturated heterocycles. The zero-order chi connectivity index (χ0) is 12.0. The van der Waals surface area contributed by atoms with Crippen LogP contribution in [0.4, 0.5) is 0 Å². The molecule has 1 saturated carbocycles. The molecule has 2 nitrogen and oxygen atoms in total. The Hall–Kier alpha value is -1.28. The maximum atomic E-state index is 9.03. The molecule has 0 aliphatic heterocycles. The van der Waals surface area contributed by atoms with E-state index in [2.05, 4.69) is 18.7 Å². The minimum absolute atomic E-state index is 0.105. The van der Waals surface area contributed by atoms with Crippen LogP contribution in [0.1, 0.15) is 39.0 Å². The Kier molecular flexibility index (Phi) is 5.06. The normalized spacial score (nSPS) is 31.1. The molecule has 1 rings (SSSR count). The minimum Gasteiger partial charge on any atom is -0.198 e. The van der Waals surface area contributed by atoms with Crippen LogP contribution in [-0.2, 0) is 0 Å². The zero-order valence-corrected chi connectivity index (χ0v) is 10.0. The molecule has 4 unspecified atom stereocenters. The predicted octanol–water partition coefficient (Wildman–Crippen LogP) is 3.67. The van der Waals surface area contributed by atoms with Crippen molar-refractivity contribution in [3.63, 3.8) is 0 Å². The largest absolute Gasteiger partial charge is 0.198 e. The van der Waals surface area contributed by atoms with Crippen molar-refractivity contribution in [1.29, 1.82) is 10.5 Å². The van der Waals surface area contributed by atoms with Gasteiger partial charge in [-0.15, -0.1) is 6.58 Å². The predicted molar refractivity (Wildman–Crippen MR) is 64.1 cm³/mol. The van der Waals surface area contributed by atoms with Crippen LogP contribution in [0.3, 0.4) is 0 Å². The van der Waals surface area contributed by atoms with Gasteiger partial charge in [-0.25, -0.2) is 0 Å². The third kappa shape index (κ3) is 3.11. The molecule has 0 spiro atoms. The molecule has 0 aromatic rings. The van der Waals surface area contributed by atoms with Crippen LogP contribution in [0.5, 0.6) is 0 Å². The molecule has 0 radical (unpaired) electrons. The van der Waals surface area contributed by atoms with Gasteiger partial charge in [0, 0.05) is 12.3 Å². The average Bonchev–Trinajstić information content (AvgIpc) is 2.35. The van der Waals surface area contributed by atoms with Crippen molar-refractivity contribution in [1.82, 2.24) is 0 Å². The van der Waals surface area contributed by atoms with Gasteiger partial charge in [-0.1, -0.05) is 6.08 Å². The number of allylic oxidation sites excluding steroid dienone is 1. The van der Waals surface area contributed by atoms with Gasteiger partial charge in [-0.2, -0.15) is 10.5 Å². The summed E-state index contributed by atoms with van der Waals surface area (Å²) >= 11 is 0. The van der Waals surface area contributed by atoms with Gasteiger partial charge in [-0.3, -0.25) is 0 Å². The Bertz CT molecular complexity index is 308. The molecule has 0 aromatic carbocycles. The molecule has 1 aliphatic carbocycles. The highest BCUT2D eigenvalue weighted by atomic mass is 14.4. The summed E-state index contributed by atoms with van der Waals surface area (Å²) in [4.78, 5) is 0. The quantitative estimate of drug-likeness (QED) is 0.673. The van der Waals surface area contributed by atoms with Crippen LogP contribution >= 0.6 is 0 Å². The molecule has 2 heteroatoms.